The number of nitrogens with zero attached hydrogens (tertiary/aromatic N) is 2. The van der Waals surface area contributed by atoms with Gasteiger partial charge in [-0.25, -0.2) is 0 Å². The predicted molar refractivity (Wildman–Crippen MR) is 262 cm³/mol. The number of rotatable bonds is 2. The summed E-state index contributed by atoms with van der Waals surface area (Å²) in [6, 6.07) is 63.3. The number of furan rings is 1. The van der Waals surface area contributed by atoms with Crippen LogP contribution >= 0.6 is 11.3 Å². The van der Waals surface area contributed by atoms with E-state index < -0.39 is 0 Å². The van der Waals surface area contributed by atoms with Gasteiger partial charge in [-0.1, -0.05) is 142 Å². The van der Waals surface area contributed by atoms with Crippen LogP contribution in [0.2, 0.25) is 0 Å². The van der Waals surface area contributed by atoms with Crippen LogP contribution in [0.15, 0.2) is 174 Å². The van der Waals surface area contributed by atoms with Crippen LogP contribution in [0, 0.1) is 0 Å². The van der Waals surface area contributed by atoms with Gasteiger partial charge in [0, 0.05) is 75.3 Å². The SMILES string of the molecule is CC(C)(C)c1cc2c3c(c1)c1c4ccccc4ccc1n3B1c3ccc(-c4ccccc4)cc3N(c3cccc4c3oc3ccccc34)c3cc4c(sc5ccccc54)c-2c31. The average Bonchev–Trinajstić information content (AvgIpc) is 3.97. The molecule has 0 radical (unpaired) electrons. The molecule has 9 aromatic carbocycles. The molecule has 14 rings (SSSR count). The molecule has 0 unspecified atom stereocenters. The molecule has 5 heteroatoms. The maximum Gasteiger partial charge on any atom is 0.333 e. The molecule has 3 aromatic heterocycles. The van der Waals surface area contributed by atoms with Gasteiger partial charge in [0.25, 0.3) is 0 Å². The number of fused-ring (bicyclic) bond motifs is 16. The van der Waals surface area contributed by atoms with Gasteiger partial charge in [-0.15, -0.1) is 11.3 Å². The van der Waals surface area contributed by atoms with Gasteiger partial charge in [0.2, 0.25) is 0 Å². The summed E-state index contributed by atoms with van der Waals surface area (Å²) in [5.74, 6) is 0. The quantitative estimate of drug-likeness (QED) is 0.163. The summed E-state index contributed by atoms with van der Waals surface area (Å²) in [5, 5.41) is 10.1. The van der Waals surface area contributed by atoms with E-state index in [9.17, 15) is 0 Å². The fraction of sp³-hybridized carbons (Fsp3) is 0.0714. The molecule has 0 saturated heterocycles. The van der Waals surface area contributed by atoms with E-state index >= 15 is 0 Å². The molecule has 0 atom stereocenters. The summed E-state index contributed by atoms with van der Waals surface area (Å²) in [4.78, 5) is 2.55. The summed E-state index contributed by atoms with van der Waals surface area (Å²) in [6.07, 6.45) is 0. The number of para-hydroxylation sites is 2. The summed E-state index contributed by atoms with van der Waals surface area (Å²) in [5.41, 5.74) is 16.7. The standard InChI is InChI=1S/C56H37BN2OS/c1-56(2,3)35-29-41-50-36-17-8-7-16-33(36)25-27-44(50)59-53(41)42(30-35)51-52-47(31-40-38-19-10-12-23-49(38)61-55(40)51)58(45-21-13-20-39-37-18-9-11-22-48(37)60-54(39)45)46-28-34(24-26-43(46)57(52)59)32-14-5-4-6-15-32/h4-31H,1-3H3. The van der Waals surface area contributed by atoms with Crippen molar-refractivity contribution in [3.05, 3.63) is 175 Å². The molecule has 12 aromatic rings. The van der Waals surface area contributed by atoms with Gasteiger partial charge < -0.3 is 13.8 Å². The van der Waals surface area contributed by atoms with Crippen molar-refractivity contribution in [1.29, 1.82) is 0 Å². The molecule has 286 valence electrons. The largest absolute Gasteiger partial charge is 0.454 e. The van der Waals surface area contributed by atoms with Crippen LogP contribution in [0.4, 0.5) is 17.1 Å². The lowest BCUT2D eigenvalue weighted by Crippen LogP contribution is -2.56. The Bertz CT molecular complexity index is 3880. The second kappa shape index (κ2) is 11.8. The number of anilines is 3. The van der Waals surface area contributed by atoms with E-state index in [0.717, 1.165) is 27.6 Å². The van der Waals surface area contributed by atoms with Crippen molar-refractivity contribution < 1.29 is 4.42 Å². The summed E-state index contributed by atoms with van der Waals surface area (Å²) in [7, 11) is 0. The highest BCUT2D eigenvalue weighted by molar-refractivity contribution is 7.26. The Hall–Kier alpha value is -7.08. The lowest BCUT2D eigenvalue weighted by atomic mass is 9.45. The third-order valence-electron chi connectivity index (χ3n) is 13.7. The minimum absolute atomic E-state index is 0.0714. The van der Waals surface area contributed by atoms with Gasteiger partial charge in [-0.3, -0.25) is 0 Å². The van der Waals surface area contributed by atoms with E-state index in [-0.39, 0.29) is 12.3 Å². The Labute approximate surface area is 356 Å². The Kier molecular flexibility index (Phi) is 6.53. The highest BCUT2D eigenvalue weighted by Gasteiger charge is 2.45. The minimum atomic E-state index is -0.0836. The summed E-state index contributed by atoms with van der Waals surface area (Å²) >= 11 is 1.94. The molecule has 2 aliphatic rings. The Balaban J connectivity index is 1.22. The first-order chi connectivity index (χ1) is 29.9. The van der Waals surface area contributed by atoms with Crippen LogP contribution in [0.5, 0.6) is 0 Å². The molecule has 0 fully saturated rings. The molecule has 0 amide bonds. The van der Waals surface area contributed by atoms with Crippen molar-refractivity contribution in [3.8, 4) is 22.3 Å². The zero-order valence-electron chi connectivity index (χ0n) is 34.0. The Morgan fingerprint density at radius 1 is 0.557 bits per heavy atom. The van der Waals surface area contributed by atoms with Crippen LogP contribution in [-0.2, 0) is 5.41 Å². The normalized spacial score (nSPS) is 13.4. The van der Waals surface area contributed by atoms with Gasteiger partial charge >= 0.3 is 6.85 Å². The monoisotopic (exact) mass is 796 g/mol. The van der Waals surface area contributed by atoms with Crippen LogP contribution < -0.4 is 15.8 Å². The zero-order chi connectivity index (χ0) is 40.3. The van der Waals surface area contributed by atoms with E-state index in [4.69, 9.17) is 4.42 Å². The maximum absolute atomic E-state index is 6.92. The van der Waals surface area contributed by atoms with Gasteiger partial charge in [-0.2, -0.15) is 0 Å². The number of aromatic nitrogens is 1. The van der Waals surface area contributed by atoms with Crippen LogP contribution in [0.3, 0.4) is 0 Å². The lowest BCUT2D eigenvalue weighted by molar-refractivity contribution is 0.591. The number of hydrogen-bond donors (Lipinski definition) is 0. The van der Waals surface area contributed by atoms with E-state index in [1.54, 1.807) is 0 Å². The first kappa shape index (κ1) is 33.7. The molecule has 3 nitrogen and oxygen atoms in total. The first-order valence-corrected chi connectivity index (χ1v) is 22.1. The highest BCUT2D eigenvalue weighted by Crippen LogP contribution is 2.53. The molecule has 0 aliphatic carbocycles. The van der Waals surface area contributed by atoms with Crippen molar-refractivity contribution >= 4 is 121 Å². The van der Waals surface area contributed by atoms with E-state index in [1.807, 2.05) is 11.3 Å². The van der Waals surface area contributed by atoms with Gasteiger partial charge in [0.05, 0.1) is 5.69 Å². The molecule has 0 saturated carbocycles. The molecule has 0 bridgehead atoms. The van der Waals surface area contributed by atoms with Crippen LogP contribution in [0.25, 0.3) is 96.9 Å². The summed E-state index contributed by atoms with van der Waals surface area (Å²) in [6.45, 7) is 6.99. The zero-order valence-corrected chi connectivity index (χ0v) is 34.8. The van der Waals surface area contributed by atoms with Gasteiger partial charge in [0.1, 0.15) is 5.58 Å². The highest BCUT2D eigenvalue weighted by atomic mass is 32.1. The molecule has 61 heavy (non-hydrogen) atoms. The third-order valence-corrected chi connectivity index (χ3v) is 14.9. The summed E-state index contributed by atoms with van der Waals surface area (Å²) < 4.78 is 12.3. The molecule has 0 spiro atoms. The second-order valence-corrected chi connectivity index (χ2v) is 19.1. The van der Waals surface area contributed by atoms with E-state index in [0.29, 0.717) is 0 Å². The first-order valence-electron chi connectivity index (χ1n) is 21.3. The fourth-order valence-corrected chi connectivity index (χ4v) is 12.2. The van der Waals surface area contributed by atoms with Crippen molar-refractivity contribution in [2.75, 3.05) is 4.90 Å². The number of thiophene rings is 1. The lowest BCUT2D eigenvalue weighted by Gasteiger charge is -2.41. The Morgan fingerprint density at radius 3 is 2.20 bits per heavy atom. The molecular formula is C56H37BN2OS. The van der Waals surface area contributed by atoms with Gasteiger partial charge in [0.15, 0.2) is 5.58 Å². The Morgan fingerprint density at radius 2 is 1.33 bits per heavy atom. The van der Waals surface area contributed by atoms with Crippen molar-refractivity contribution in [1.82, 2.24) is 4.48 Å². The number of benzene rings is 9. The maximum atomic E-state index is 6.92. The van der Waals surface area contributed by atoms with E-state index in [2.05, 4.69) is 200 Å². The minimum Gasteiger partial charge on any atom is -0.454 e. The van der Waals surface area contributed by atoms with Crippen molar-refractivity contribution in [3.63, 3.8) is 0 Å². The van der Waals surface area contributed by atoms with E-state index in [1.165, 1.54) is 103 Å². The second-order valence-electron chi connectivity index (χ2n) is 18.0. The average molecular weight is 797 g/mol. The molecule has 2 aliphatic heterocycles. The van der Waals surface area contributed by atoms with Crippen LogP contribution in [-0.4, -0.2) is 11.3 Å². The third kappa shape index (κ3) is 4.43. The fourth-order valence-electron chi connectivity index (χ4n) is 10.9. The smallest absolute Gasteiger partial charge is 0.333 e. The van der Waals surface area contributed by atoms with Crippen molar-refractivity contribution in [2.45, 2.75) is 26.2 Å². The predicted octanol–water partition coefficient (Wildman–Crippen LogP) is 14.6. The van der Waals surface area contributed by atoms with Crippen molar-refractivity contribution in [2.24, 2.45) is 0 Å². The number of hydrogen-bond acceptors (Lipinski definition) is 3. The molecule has 0 N–H and O–H groups in total. The van der Waals surface area contributed by atoms with Gasteiger partial charge in [-0.05, 0) is 92.3 Å². The molecular weight excluding hydrogens is 760 g/mol. The molecule has 5 heterocycles. The van der Waals surface area contributed by atoms with Crippen LogP contribution in [0.1, 0.15) is 26.3 Å². The topological polar surface area (TPSA) is 21.3 Å².